The number of hydrogen-bond acceptors (Lipinski definition) is 2. The zero-order chi connectivity index (χ0) is 12.4. The van der Waals surface area contributed by atoms with Crippen molar-refractivity contribution in [1.82, 2.24) is 5.32 Å². The van der Waals surface area contributed by atoms with Crippen molar-refractivity contribution in [3.05, 3.63) is 27.7 Å². The van der Waals surface area contributed by atoms with Gasteiger partial charge in [-0.3, -0.25) is 4.79 Å². The Morgan fingerprint density at radius 2 is 2.29 bits per heavy atom. The van der Waals surface area contributed by atoms with E-state index in [1.165, 1.54) is 0 Å². The Kier molecular flexibility index (Phi) is 4.07. The molecule has 0 spiro atoms. The van der Waals surface area contributed by atoms with E-state index in [0.717, 1.165) is 23.2 Å². The molecule has 1 heterocycles. The van der Waals surface area contributed by atoms with Gasteiger partial charge in [-0.05, 0) is 53.1 Å². The maximum absolute atomic E-state index is 12.0. The predicted molar refractivity (Wildman–Crippen MR) is 73.3 cm³/mol. The number of halogens is 2. The van der Waals surface area contributed by atoms with E-state index < -0.39 is 0 Å². The van der Waals surface area contributed by atoms with Gasteiger partial charge in [0.05, 0.1) is 5.02 Å². The monoisotopic (exact) mass is 316 g/mol. The second-order valence-electron chi connectivity index (χ2n) is 4.33. The summed E-state index contributed by atoms with van der Waals surface area (Å²) in [4.78, 5) is 12.0. The van der Waals surface area contributed by atoms with Crippen molar-refractivity contribution in [2.75, 3.05) is 18.4 Å². The lowest BCUT2D eigenvalue weighted by Crippen LogP contribution is -2.48. The molecule has 17 heavy (non-hydrogen) atoms. The zero-order valence-electron chi connectivity index (χ0n) is 9.47. The molecule has 1 aliphatic heterocycles. The topological polar surface area (TPSA) is 41.1 Å². The minimum atomic E-state index is 0.0331. The van der Waals surface area contributed by atoms with Gasteiger partial charge in [0.25, 0.3) is 0 Å². The highest BCUT2D eigenvalue weighted by atomic mass is 79.9. The summed E-state index contributed by atoms with van der Waals surface area (Å²) in [7, 11) is 0. The van der Waals surface area contributed by atoms with Gasteiger partial charge in [-0.1, -0.05) is 18.5 Å². The van der Waals surface area contributed by atoms with Gasteiger partial charge in [0, 0.05) is 16.1 Å². The van der Waals surface area contributed by atoms with Crippen LogP contribution in [0.15, 0.2) is 22.7 Å². The molecule has 1 fully saturated rings. The molecule has 0 bridgehead atoms. The highest BCUT2D eigenvalue weighted by Gasteiger charge is 2.28. The van der Waals surface area contributed by atoms with Crippen molar-refractivity contribution in [1.29, 1.82) is 0 Å². The van der Waals surface area contributed by atoms with Crippen molar-refractivity contribution in [2.45, 2.75) is 6.92 Å². The minimum Gasteiger partial charge on any atom is -0.326 e. The lowest BCUT2D eigenvalue weighted by Gasteiger charge is -2.31. The smallest absolute Gasteiger partial charge is 0.227 e. The van der Waals surface area contributed by atoms with Crippen molar-refractivity contribution < 1.29 is 4.79 Å². The van der Waals surface area contributed by atoms with Gasteiger partial charge >= 0.3 is 0 Å². The largest absolute Gasteiger partial charge is 0.326 e. The predicted octanol–water partition coefficient (Wildman–Crippen LogP) is 2.90. The Morgan fingerprint density at radius 1 is 1.59 bits per heavy atom. The maximum Gasteiger partial charge on any atom is 0.227 e. The molecule has 1 aliphatic rings. The summed E-state index contributed by atoms with van der Waals surface area (Å²) < 4.78 is 0.787. The van der Waals surface area contributed by atoms with E-state index >= 15 is 0 Å². The number of amides is 1. The molecule has 1 aromatic carbocycles. The van der Waals surface area contributed by atoms with Gasteiger partial charge in [0.15, 0.2) is 0 Å². The van der Waals surface area contributed by atoms with E-state index in [1.54, 1.807) is 12.1 Å². The molecule has 0 aliphatic carbocycles. The molecular formula is C12H14BrClN2O. The maximum atomic E-state index is 12.0. The van der Waals surface area contributed by atoms with Crippen LogP contribution >= 0.6 is 27.5 Å². The van der Waals surface area contributed by atoms with Crippen LogP contribution in [0.4, 0.5) is 5.69 Å². The van der Waals surface area contributed by atoms with Gasteiger partial charge < -0.3 is 10.6 Å². The summed E-state index contributed by atoms with van der Waals surface area (Å²) >= 11 is 9.23. The van der Waals surface area contributed by atoms with E-state index in [9.17, 15) is 4.79 Å². The second kappa shape index (κ2) is 5.38. The van der Waals surface area contributed by atoms with Crippen LogP contribution in [-0.4, -0.2) is 19.0 Å². The Bertz CT molecular complexity index is 435. The molecule has 1 aromatic rings. The van der Waals surface area contributed by atoms with E-state index in [4.69, 9.17) is 11.6 Å². The second-order valence-corrected chi connectivity index (χ2v) is 5.59. The first kappa shape index (κ1) is 12.9. The highest BCUT2D eigenvalue weighted by molar-refractivity contribution is 9.10. The normalized spacial score (nSPS) is 17.4. The molecule has 0 aromatic heterocycles. The summed E-state index contributed by atoms with van der Waals surface area (Å²) in [5.41, 5.74) is 0.769. The molecule has 0 radical (unpaired) electrons. The summed E-state index contributed by atoms with van der Waals surface area (Å²) in [5.74, 6) is 0.544. The van der Waals surface area contributed by atoms with Crippen LogP contribution in [0.25, 0.3) is 0 Å². The summed E-state index contributed by atoms with van der Waals surface area (Å²) in [6, 6.07) is 5.37. The van der Waals surface area contributed by atoms with Gasteiger partial charge in [0.1, 0.15) is 0 Å². The Labute approximate surface area is 114 Å². The SMILES string of the molecule is CC(C(=O)Nc1ccc(Cl)c(Br)c1)C1CNC1. The molecule has 0 saturated carbocycles. The molecule has 1 amide bonds. The molecule has 2 rings (SSSR count). The zero-order valence-corrected chi connectivity index (χ0v) is 11.8. The van der Waals surface area contributed by atoms with Crippen molar-refractivity contribution >= 4 is 39.1 Å². The van der Waals surface area contributed by atoms with Gasteiger partial charge in [-0.25, -0.2) is 0 Å². The van der Waals surface area contributed by atoms with Gasteiger partial charge in [-0.15, -0.1) is 0 Å². The Hall–Kier alpha value is -0.580. The van der Waals surface area contributed by atoms with Gasteiger partial charge in [0.2, 0.25) is 5.91 Å². The fourth-order valence-electron chi connectivity index (χ4n) is 1.71. The summed E-state index contributed by atoms with van der Waals surface area (Å²) in [6.45, 7) is 3.82. The third-order valence-electron chi connectivity index (χ3n) is 3.12. The van der Waals surface area contributed by atoms with E-state index in [2.05, 4.69) is 26.6 Å². The first-order valence-electron chi connectivity index (χ1n) is 5.54. The molecule has 1 saturated heterocycles. The van der Waals surface area contributed by atoms with E-state index in [0.29, 0.717) is 10.9 Å². The molecule has 5 heteroatoms. The molecule has 2 N–H and O–H groups in total. The Balaban J connectivity index is 1.99. The molecule has 1 atom stereocenters. The summed E-state index contributed by atoms with van der Waals surface area (Å²) in [6.07, 6.45) is 0. The number of hydrogen-bond donors (Lipinski definition) is 2. The Morgan fingerprint density at radius 3 is 2.82 bits per heavy atom. The standard InChI is InChI=1S/C12H14BrClN2O/c1-7(8-5-15-6-8)12(17)16-9-2-3-11(14)10(13)4-9/h2-4,7-8,15H,5-6H2,1H3,(H,16,17). The number of nitrogens with one attached hydrogen (secondary N) is 2. The van der Waals surface area contributed by atoms with Crippen LogP contribution in [-0.2, 0) is 4.79 Å². The number of benzene rings is 1. The summed E-state index contributed by atoms with van der Waals surface area (Å²) in [5, 5.41) is 6.71. The lowest BCUT2D eigenvalue weighted by molar-refractivity contribution is -0.121. The van der Waals surface area contributed by atoms with Crippen molar-refractivity contribution in [2.24, 2.45) is 11.8 Å². The van der Waals surface area contributed by atoms with E-state index in [-0.39, 0.29) is 11.8 Å². The molecule has 3 nitrogen and oxygen atoms in total. The van der Waals surface area contributed by atoms with Crippen molar-refractivity contribution in [3.8, 4) is 0 Å². The quantitative estimate of drug-likeness (QED) is 0.900. The first-order valence-corrected chi connectivity index (χ1v) is 6.71. The molecular weight excluding hydrogens is 304 g/mol. The van der Waals surface area contributed by atoms with Crippen LogP contribution in [0.1, 0.15) is 6.92 Å². The lowest BCUT2D eigenvalue weighted by atomic mass is 9.88. The highest BCUT2D eigenvalue weighted by Crippen LogP contribution is 2.26. The molecule has 1 unspecified atom stereocenters. The van der Waals surface area contributed by atoms with Crippen LogP contribution in [0, 0.1) is 11.8 Å². The number of rotatable bonds is 3. The number of anilines is 1. The average molecular weight is 318 g/mol. The molecule has 92 valence electrons. The third-order valence-corrected chi connectivity index (χ3v) is 4.33. The minimum absolute atomic E-state index is 0.0331. The van der Waals surface area contributed by atoms with Gasteiger partial charge in [-0.2, -0.15) is 0 Å². The van der Waals surface area contributed by atoms with Crippen LogP contribution in [0.5, 0.6) is 0 Å². The first-order chi connectivity index (χ1) is 8.08. The van der Waals surface area contributed by atoms with Crippen LogP contribution < -0.4 is 10.6 Å². The number of carbonyl (C=O) groups is 1. The third kappa shape index (κ3) is 3.00. The van der Waals surface area contributed by atoms with Crippen molar-refractivity contribution in [3.63, 3.8) is 0 Å². The number of carbonyl (C=O) groups excluding carboxylic acids is 1. The fraction of sp³-hybridized carbons (Fsp3) is 0.417. The average Bonchev–Trinajstić information content (AvgIpc) is 2.21. The van der Waals surface area contributed by atoms with E-state index in [1.807, 2.05) is 13.0 Å². The fourth-order valence-corrected chi connectivity index (χ4v) is 2.20. The van der Waals surface area contributed by atoms with Crippen LogP contribution in [0.2, 0.25) is 5.02 Å². The van der Waals surface area contributed by atoms with Crippen LogP contribution in [0.3, 0.4) is 0 Å².